The largest absolute Gasteiger partial charge is 0.417 e. The van der Waals surface area contributed by atoms with Gasteiger partial charge in [-0.25, -0.2) is 9.37 Å². The highest BCUT2D eigenvalue weighted by molar-refractivity contribution is 6.48. The van der Waals surface area contributed by atoms with Gasteiger partial charge in [0.15, 0.2) is 0 Å². The van der Waals surface area contributed by atoms with Crippen molar-refractivity contribution >= 4 is 63.8 Å². The molecule has 0 saturated heterocycles. The van der Waals surface area contributed by atoms with Crippen molar-refractivity contribution in [1.29, 1.82) is 0 Å². The molecule has 4 nitrogen and oxygen atoms in total. The number of benzene rings is 2. The molecule has 0 aliphatic rings. The van der Waals surface area contributed by atoms with Crippen LogP contribution in [0.2, 0.25) is 20.2 Å². The summed E-state index contributed by atoms with van der Waals surface area (Å²) in [6.45, 7) is 0. The molecule has 3 aromatic rings. The number of rotatable bonds is 6. The van der Waals surface area contributed by atoms with E-state index in [-0.39, 0.29) is 38.1 Å². The summed E-state index contributed by atoms with van der Waals surface area (Å²) in [6.07, 6.45) is -8.98. The van der Waals surface area contributed by atoms with Gasteiger partial charge in [0.25, 0.3) is 5.91 Å². The molecule has 0 fully saturated rings. The van der Waals surface area contributed by atoms with Crippen molar-refractivity contribution in [2.75, 3.05) is 5.43 Å². The van der Waals surface area contributed by atoms with Crippen molar-refractivity contribution < 1.29 is 35.5 Å². The molecule has 0 radical (unpaired) electrons. The van der Waals surface area contributed by atoms with Crippen molar-refractivity contribution in [3.8, 4) is 0 Å². The molecule has 1 aromatic heterocycles. The van der Waals surface area contributed by atoms with Crippen LogP contribution in [0.25, 0.3) is 5.83 Å². The van der Waals surface area contributed by atoms with E-state index in [2.05, 4.69) is 10.4 Å². The number of carbonyl (C=O) groups excluding carboxylic acids is 1. The molecule has 2 aromatic carbocycles. The third-order valence-corrected chi connectivity index (χ3v) is 6.34. The Kier molecular flexibility index (Phi) is 9.08. The second-order valence-corrected chi connectivity index (χ2v) is 9.12. The first-order chi connectivity index (χ1) is 17.6. The minimum Gasteiger partial charge on any atom is -0.297 e. The number of nitrogens with zero attached hydrogens (tertiary/aromatic N) is 1. The van der Waals surface area contributed by atoms with Crippen molar-refractivity contribution in [3.05, 3.63) is 97.2 Å². The minimum absolute atomic E-state index is 0.0697. The summed E-state index contributed by atoms with van der Waals surface area (Å²) in [5.74, 6) is -5.54. The van der Waals surface area contributed by atoms with E-state index >= 15 is 0 Å². The van der Waals surface area contributed by atoms with Gasteiger partial charge in [-0.05, 0) is 48.0 Å². The molecule has 1 amide bonds. The lowest BCUT2D eigenvalue weighted by molar-refractivity contribution is -0.140. The normalized spacial score (nSPS) is 13.3. The zero-order valence-electron chi connectivity index (χ0n) is 18.3. The Bertz CT molecular complexity index is 1350. The van der Waals surface area contributed by atoms with Gasteiger partial charge < -0.3 is 0 Å². The maximum absolute atomic E-state index is 15.0. The van der Waals surface area contributed by atoms with Crippen molar-refractivity contribution in [3.63, 3.8) is 0 Å². The van der Waals surface area contributed by atoms with E-state index in [9.17, 15) is 35.5 Å². The lowest BCUT2D eigenvalue weighted by Crippen LogP contribution is -2.31. The summed E-state index contributed by atoms with van der Waals surface area (Å²) < 4.78 is 97.3. The van der Waals surface area contributed by atoms with Crippen LogP contribution in [-0.2, 0) is 6.18 Å². The van der Waals surface area contributed by atoms with Crippen LogP contribution in [0, 0.1) is 0 Å². The van der Waals surface area contributed by atoms with Crippen molar-refractivity contribution in [2.45, 2.75) is 18.3 Å². The number of hydrogen-bond acceptors (Lipinski definition) is 3. The Morgan fingerprint density at radius 3 is 2.08 bits per heavy atom. The highest BCUT2D eigenvalue weighted by Gasteiger charge is 2.41. The number of hydrogen-bond donors (Lipinski definition) is 2. The number of alkyl halides is 6. The third kappa shape index (κ3) is 7.22. The molecule has 0 spiro atoms. The van der Waals surface area contributed by atoms with Crippen LogP contribution in [-0.4, -0.2) is 17.1 Å². The topological polar surface area (TPSA) is 54.0 Å². The molecule has 1 heterocycles. The SMILES string of the molecule is O=C(NNc1ccc(Cl)nc1)c1ccc(/C(F)=C/C(c2cc(Cl)c(Cl)c(Cl)c2)C(F)(F)F)cc1C(F)(F)F. The van der Waals surface area contributed by atoms with E-state index in [1.807, 2.05) is 5.43 Å². The summed E-state index contributed by atoms with van der Waals surface area (Å²) in [6, 6.07) is 5.93. The second-order valence-electron chi connectivity index (χ2n) is 7.54. The molecule has 2 N–H and O–H groups in total. The van der Waals surface area contributed by atoms with Gasteiger partial charge in [0, 0.05) is 5.56 Å². The number of halogens is 11. The van der Waals surface area contributed by atoms with Gasteiger partial charge in [-0.3, -0.25) is 15.6 Å². The summed E-state index contributed by atoms with van der Waals surface area (Å²) in [5, 5.41) is -0.778. The van der Waals surface area contributed by atoms with E-state index < -0.39 is 52.3 Å². The molecule has 1 atom stereocenters. The maximum atomic E-state index is 15.0. The molecule has 38 heavy (non-hydrogen) atoms. The Morgan fingerprint density at radius 1 is 0.921 bits per heavy atom. The Morgan fingerprint density at radius 2 is 1.55 bits per heavy atom. The van der Waals surface area contributed by atoms with Crippen LogP contribution < -0.4 is 10.9 Å². The van der Waals surface area contributed by atoms with Crippen LogP contribution >= 0.6 is 46.4 Å². The number of pyridine rings is 1. The first-order valence-electron chi connectivity index (χ1n) is 10.1. The fourth-order valence-electron chi connectivity index (χ4n) is 3.15. The van der Waals surface area contributed by atoms with Gasteiger partial charge in [0.2, 0.25) is 0 Å². The molecule has 0 saturated carbocycles. The first-order valence-corrected chi connectivity index (χ1v) is 11.6. The van der Waals surface area contributed by atoms with Crippen LogP contribution in [0.5, 0.6) is 0 Å². The minimum atomic E-state index is -5.16. The summed E-state index contributed by atoms with van der Waals surface area (Å²) >= 11 is 22.9. The van der Waals surface area contributed by atoms with Gasteiger partial charge in [0.1, 0.15) is 16.9 Å². The van der Waals surface area contributed by atoms with E-state index in [1.165, 1.54) is 18.3 Å². The molecule has 3 rings (SSSR count). The van der Waals surface area contributed by atoms with Crippen LogP contribution in [0.15, 0.2) is 54.7 Å². The maximum Gasteiger partial charge on any atom is 0.417 e. The molecule has 1 unspecified atom stereocenters. The van der Waals surface area contributed by atoms with E-state index in [4.69, 9.17) is 46.4 Å². The van der Waals surface area contributed by atoms with E-state index in [1.54, 1.807) is 0 Å². The quantitative estimate of drug-likeness (QED) is 0.125. The van der Waals surface area contributed by atoms with Crippen molar-refractivity contribution in [1.82, 2.24) is 10.4 Å². The van der Waals surface area contributed by atoms with E-state index in [0.29, 0.717) is 6.07 Å². The van der Waals surface area contributed by atoms with Gasteiger partial charge >= 0.3 is 12.4 Å². The van der Waals surface area contributed by atoms with Crippen LogP contribution in [0.4, 0.5) is 36.4 Å². The third-order valence-electron chi connectivity index (χ3n) is 4.92. The Labute approximate surface area is 230 Å². The van der Waals surface area contributed by atoms with E-state index in [0.717, 1.165) is 18.2 Å². The second kappa shape index (κ2) is 11.6. The van der Waals surface area contributed by atoms with Gasteiger partial charge in [-0.1, -0.05) is 52.5 Å². The lowest BCUT2D eigenvalue weighted by Gasteiger charge is -2.19. The predicted octanol–water partition coefficient (Wildman–Crippen LogP) is 9.13. The zero-order chi connectivity index (χ0) is 28.4. The average Bonchev–Trinajstić information content (AvgIpc) is 2.83. The smallest absolute Gasteiger partial charge is 0.297 e. The van der Waals surface area contributed by atoms with Gasteiger partial charge in [0.05, 0.1) is 38.1 Å². The fourth-order valence-corrected chi connectivity index (χ4v) is 3.87. The lowest BCUT2D eigenvalue weighted by atomic mass is 9.95. The number of amides is 1. The standard InChI is InChI=1S/C23H12Cl4F7N3O/c24-16-6-11(7-17(25)20(16)27)14(22(29,30)31)8-18(28)10-1-3-13(15(5-10)23(32,33)34)21(38)37-36-12-2-4-19(26)35-9-12/h1-9,14,36H,(H,37,38)/b18-8-. The number of hydrazine groups is 1. The number of nitrogens with one attached hydrogen (secondary N) is 2. The highest BCUT2D eigenvalue weighted by atomic mass is 35.5. The monoisotopic (exact) mass is 619 g/mol. The summed E-state index contributed by atoms with van der Waals surface area (Å²) in [7, 11) is 0. The average molecular weight is 621 g/mol. The molecule has 202 valence electrons. The zero-order valence-corrected chi connectivity index (χ0v) is 21.3. The Hall–Kier alpha value is -2.73. The predicted molar refractivity (Wildman–Crippen MR) is 131 cm³/mol. The number of allylic oxidation sites excluding steroid dienone is 1. The van der Waals surface area contributed by atoms with Crippen LogP contribution in [0.1, 0.15) is 33.0 Å². The molecule has 0 bridgehead atoms. The number of carbonyl (C=O) groups is 1. The Balaban J connectivity index is 1.97. The molecule has 0 aliphatic carbocycles. The molecular weight excluding hydrogens is 609 g/mol. The number of anilines is 1. The number of aromatic nitrogens is 1. The highest BCUT2D eigenvalue weighted by Crippen LogP contribution is 2.42. The molecule has 0 aliphatic heterocycles. The summed E-state index contributed by atoms with van der Waals surface area (Å²) in [4.78, 5) is 16.1. The van der Waals surface area contributed by atoms with Crippen LogP contribution in [0.3, 0.4) is 0 Å². The first kappa shape index (κ1) is 29.8. The molecular formula is C23H12Cl4F7N3O. The molecule has 15 heteroatoms. The van der Waals surface area contributed by atoms with Gasteiger partial charge in [-0.15, -0.1) is 0 Å². The summed E-state index contributed by atoms with van der Waals surface area (Å²) in [5.41, 5.74) is 0.567. The van der Waals surface area contributed by atoms with Crippen molar-refractivity contribution in [2.24, 2.45) is 0 Å². The van der Waals surface area contributed by atoms with Gasteiger partial charge in [-0.2, -0.15) is 26.3 Å². The fraction of sp³-hybridized carbons (Fsp3) is 0.130.